The van der Waals surface area contributed by atoms with Gasteiger partial charge in [0.05, 0.1) is 12.3 Å². The van der Waals surface area contributed by atoms with Gasteiger partial charge in [-0.1, -0.05) is 17.3 Å². The Morgan fingerprint density at radius 3 is 3.06 bits per heavy atom. The Hall–Kier alpha value is -2.04. The van der Waals surface area contributed by atoms with E-state index in [0.717, 1.165) is 0 Å². The molecule has 0 fully saturated rings. The van der Waals surface area contributed by atoms with E-state index in [-0.39, 0.29) is 6.42 Å². The molecule has 1 N–H and O–H groups in total. The molecule has 1 aliphatic heterocycles. The van der Waals surface area contributed by atoms with E-state index in [4.69, 9.17) is 14.7 Å². The van der Waals surface area contributed by atoms with Crippen LogP contribution in [0.3, 0.4) is 0 Å². The molecule has 0 aliphatic carbocycles. The van der Waals surface area contributed by atoms with E-state index in [1.54, 1.807) is 25.1 Å². The third-order valence-corrected chi connectivity index (χ3v) is 2.52. The van der Waals surface area contributed by atoms with Gasteiger partial charge in [-0.3, -0.25) is 0 Å². The van der Waals surface area contributed by atoms with Crippen LogP contribution < -0.4 is 4.74 Å². The van der Waals surface area contributed by atoms with Crippen LogP contribution in [-0.2, 0) is 9.53 Å². The predicted octanol–water partition coefficient (Wildman–Crippen LogP) is 1.58. The maximum atomic E-state index is 11.6. The summed E-state index contributed by atoms with van der Waals surface area (Å²) in [6.07, 6.45) is -0.525. The summed E-state index contributed by atoms with van der Waals surface area (Å²) >= 11 is 0. The number of ether oxygens (including phenoxy) is 2. The zero-order valence-electron chi connectivity index (χ0n) is 9.42. The maximum Gasteiger partial charge on any atom is 0.347 e. The van der Waals surface area contributed by atoms with Gasteiger partial charge >= 0.3 is 5.97 Å². The summed E-state index contributed by atoms with van der Waals surface area (Å²) in [6, 6.07) is 7.12. The van der Waals surface area contributed by atoms with E-state index < -0.39 is 12.1 Å². The molecule has 1 atom stereocenters. The zero-order chi connectivity index (χ0) is 12.3. The summed E-state index contributed by atoms with van der Waals surface area (Å²) in [4.78, 5) is 11.6. The van der Waals surface area contributed by atoms with E-state index >= 15 is 0 Å². The number of oxime groups is 1. The van der Waals surface area contributed by atoms with E-state index in [1.807, 2.05) is 6.07 Å². The molecule has 5 nitrogen and oxygen atoms in total. The lowest BCUT2D eigenvalue weighted by Crippen LogP contribution is -2.35. The standard InChI is InChI=1S/C12H13NO4/c1-2-16-12(14)11-7-9(13-15)8-5-3-4-6-10(8)17-11/h3-6,11,15H,2,7H2,1H3. The molecular weight excluding hydrogens is 222 g/mol. The van der Waals surface area contributed by atoms with Gasteiger partial charge in [0.25, 0.3) is 0 Å². The Morgan fingerprint density at radius 2 is 2.35 bits per heavy atom. The lowest BCUT2D eigenvalue weighted by molar-refractivity contribution is -0.151. The van der Waals surface area contributed by atoms with Crippen molar-refractivity contribution in [1.82, 2.24) is 0 Å². The number of para-hydroxylation sites is 1. The second-order valence-corrected chi connectivity index (χ2v) is 3.61. The fraction of sp³-hybridized carbons (Fsp3) is 0.333. The van der Waals surface area contributed by atoms with Gasteiger partial charge in [0.1, 0.15) is 5.75 Å². The van der Waals surface area contributed by atoms with Crippen molar-refractivity contribution >= 4 is 11.7 Å². The normalized spacial score (nSPS) is 20.5. The summed E-state index contributed by atoms with van der Waals surface area (Å²) in [6.45, 7) is 2.03. The van der Waals surface area contributed by atoms with Gasteiger partial charge in [-0.25, -0.2) is 4.79 Å². The molecule has 0 aromatic heterocycles. The van der Waals surface area contributed by atoms with Crippen LogP contribution in [0.25, 0.3) is 0 Å². The molecule has 2 rings (SSSR count). The van der Waals surface area contributed by atoms with Crippen molar-refractivity contribution in [3.8, 4) is 5.75 Å². The number of fused-ring (bicyclic) bond motifs is 1. The van der Waals surface area contributed by atoms with Gasteiger partial charge in [0.2, 0.25) is 6.10 Å². The summed E-state index contributed by atoms with van der Waals surface area (Å²) in [5.74, 6) is 0.0905. The highest BCUT2D eigenvalue weighted by molar-refractivity contribution is 6.05. The molecule has 0 saturated carbocycles. The summed E-state index contributed by atoms with van der Waals surface area (Å²) in [5, 5.41) is 12.2. The Bertz CT molecular complexity index is 456. The van der Waals surface area contributed by atoms with Crippen LogP contribution >= 0.6 is 0 Å². The lowest BCUT2D eigenvalue weighted by Gasteiger charge is -2.24. The third kappa shape index (κ3) is 2.22. The average Bonchev–Trinajstić information content (AvgIpc) is 2.37. The van der Waals surface area contributed by atoms with Crippen molar-refractivity contribution in [3.63, 3.8) is 0 Å². The van der Waals surface area contributed by atoms with E-state index in [2.05, 4.69) is 5.16 Å². The maximum absolute atomic E-state index is 11.6. The molecule has 17 heavy (non-hydrogen) atoms. The van der Waals surface area contributed by atoms with Crippen LogP contribution in [0, 0.1) is 0 Å². The van der Waals surface area contributed by atoms with Crippen LogP contribution in [-0.4, -0.2) is 29.6 Å². The summed E-state index contributed by atoms with van der Waals surface area (Å²) < 4.78 is 10.4. The van der Waals surface area contributed by atoms with Gasteiger partial charge in [-0.2, -0.15) is 0 Å². The van der Waals surface area contributed by atoms with Crippen molar-refractivity contribution in [3.05, 3.63) is 29.8 Å². The zero-order valence-corrected chi connectivity index (χ0v) is 9.42. The van der Waals surface area contributed by atoms with Crippen LogP contribution in [0.2, 0.25) is 0 Å². The molecule has 0 saturated heterocycles. The van der Waals surface area contributed by atoms with Gasteiger partial charge in [0.15, 0.2) is 0 Å². The summed E-state index contributed by atoms with van der Waals surface area (Å²) in [7, 11) is 0. The number of carbonyl (C=O) groups is 1. The number of nitrogens with zero attached hydrogens (tertiary/aromatic N) is 1. The molecule has 0 bridgehead atoms. The number of benzene rings is 1. The molecule has 0 spiro atoms. The van der Waals surface area contributed by atoms with E-state index in [1.165, 1.54) is 0 Å². The molecule has 90 valence electrons. The second-order valence-electron chi connectivity index (χ2n) is 3.61. The Labute approximate surface area is 98.6 Å². The Kier molecular flexibility index (Phi) is 3.27. The summed E-state index contributed by atoms with van der Waals surface area (Å²) in [5.41, 5.74) is 1.14. The minimum Gasteiger partial charge on any atom is -0.478 e. The molecule has 1 unspecified atom stereocenters. The molecular formula is C12H13NO4. The highest BCUT2D eigenvalue weighted by Crippen LogP contribution is 2.28. The number of hydrogen-bond donors (Lipinski definition) is 1. The molecule has 1 aliphatic rings. The van der Waals surface area contributed by atoms with Gasteiger partial charge < -0.3 is 14.7 Å². The first-order valence-corrected chi connectivity index (χ1v) is 5.40. The topological polar surface area (TPSA) is 68.1 Å². The molecule has 1 aromatic rings. The van der Waals surface area contributed by atoms with Crippen molar-refractivity contribution in [2.24, 2.45) is 5.16 Å². The number of carbonyl (C=O) groups excluding carboxylic acids is 1. The number of hydrogen-bond acceptors (Lipinski definition) is 5. The van der Waals surface area contributed by atoms with E-state index in [0.29, 0.717) is 23.6 Å². The van der Waals surface area contributed by atoms with Crippen molar-refractivity contribution in [2.45, 2.75) is 19.4 Å². The van der Waals surface area contributed by atoms with Crippen molar-refractivity contribution in [1.29, 1.82) is 0 Å². The first kappa shape index (κ1) is 11.4. The van der Waals surface area contributed by atoms with Gasteiger partial charge in [-0.05, 0) is 19.1 Å². The first-order chi connectivity index (χ1) is 8.26. The van der Waals surface area contributed by atoms with Crippen molar-refractivity contribution < 1.29 is 19.5 Å². The minimum absolute atomic E-state index is 0.215. The van der Waals surface area contributed by atoms with Crippen LogP contribution in [0.5, 0.6) is 5.75 Å². The third-order valence-electron chi connectivity index (χ3n) is 2.52. The highest BCUT2D eigenvalue weighted by Gasteiger charge is 2.31. The fourth-order valence-corrected chi connectivity index (χ4v) is 1.75. The highest BCUT2D eigenvalue weighted by atomic mass is 16.6. The molecule has 0 amide bonds. The molecule has 1 aromatic carbocycles. The molecule has 0 radical (unpaired) electrons. The molecule has 5 heteroatoms. The minimum atomic E-state index is -0.740. The Morgan fingerprint density at radius 1 is 1.59 bits per heavy atom. The average molecular weight is 235 g/mol. The smallest absolute Gasteiger partial charge is 0.347 e. The van der Waals surface area contributed by atoms with E-state index in [9.17, 15) is 4.79 Å². The fourth-order valence-electron chi connectivity index (χ4n) is 1.75. The number of esters is 1. The largest absolute Gasteiger partial charge is 0.478 e. The second kappa shape index (κ2) is 4.86. The van der Waals surface area contributed by atoms with Crippen LogP contribution in [0.15, 0.2) is 29.4 Å². The van der Waals surface area contributed by atoms with Gasteiger partial charge in [-0.15, -0.1) is 0 Å². The predicted molar refractivity (Wildman–Crippen MR) is 60.4 cm³/mol. The monoisotopic (exact) mass is 235 g/mol. The van der Waals surface area contributed by atoms with Crippen LogP contribution in [0.1, 0.15) is 18.9 Å². The molecule has 1 heterocycles. The van der Waals surface area contributed by atoms with Crippen LogP contribution in [0.4, 0.5) is 0 Å². The first-order valence-electron chi connectivity index (χ1n) is 5.40. The van der Waals surface area contributed by atoms with Crippen molar-refractivity contribution in [2.75, 3.05) is 6.61 Å². The van der Waals surface area contributed by atoms with Gasteiger partial charge in [0, 0.05) is 12.0 Å². The number of rotatable bonds is 2. The Balaban J connectivity index is 2.27. The lowest BCUT2D eigenvalue weighted by atomic mass is 10.00. The SMILES string of the molecule is CCOC(=O)C1CC(=NO)c2ccccc2O1. The quantitative estimate of drug-likeness (QED) is 0.480.